The van der Waals surface area contributed by atoms with Gasteiger partial charge in [-0.1, -0.05) is 15.8 Å². The fraction of sp³-hybridized carbons (Fsp3) is 1.00. The van der Waals surface area contributed by atoms with Crippen LogP contribution in [0.4, 0.5) is 0 Å². The summed E-state index contributed by atoms with van der Waals surface area (Å²) in [5.41, 5.74) is 0. The Kier molecular flexibility index (Phi) is 6.60. The highest BCUT2D eigenvalue weighted by Gasteiger charge is 2.43. The highest BCUT2D eigenvalue weighted by molar-refractivity contribution is 8.00. The molecule has 0 aromatic rings. The Hall–Kier alpha value is 0.765. The van der Waals surface area contributed by atoms with Gasteiger partial charge in [0.2, 0.25) is 0 Å². The zero-order chi connectivity index (χ0) is 11.3. The van der Waals surface area contributed by atoms with E-state index >= 15 is 0 Å². The minimum atomic E-state index is -0.606. The molecule has 1 aliphatic heterocycles. The quantitative estimate of drug-likeness (QED) is 0.555. The normalized spacial score (nSPS) is 36.5. The summed E-state index contributed by atoms with van der Waals surface area (Å²) >= 11 is 0. The first-order valence-electron chi connectivity index (χ1n) is 5.06. The van der Waals surface area contributed by atoms with Crippen LogP contribution in [0.2, 0.25) is 6.82 Å². The first-order chi connectivity index (χ1) is 7.24. The summed E-state index contributed by atoms with van der Waals surface area (Å²) in [4.78, 5) is 0. The molecule has 0 bridgehead atoms. The highest BCUT2D eigenvalue weighted by Crippen LogP contribution is 2.32. The number of aliphatic hydroxyl groups is 1. The summed E-state index contributed by atoms with van der Waals surface area (Å²) in [6.07, 6.45) is -1.15. The Morgan fingerprint density at radius 3 is 2.87 bits per heavy atom. The van der Waals surface area contributed by atoms with Gasteiger partial charge >= 0.3 is 0 Å². The first-order valence-corrected chi connectivity index (χ1v) is 7.78. The van der Waals surface area contributed by atoms with E-state index in [1.54, 1.807) is 0 Å². The Bertz CT molecular complexity index is 186. The molecular weight excluding hydrogens is 233 g/mol. The third-order valence-electron chi connectivity index (χ3n) is 2.39. The lowest BCUT2D eigenvalue weighted by Gasteiger charge is -2.18. The van der Waals surface area contributed by atoms with E-state index < -0.39 is 6.10 Å². The van der Waals surface area contributed by atoms with Crippen LogP contribution in [0.15, 0.2) is 0 Å². The number of rotatable bonds is 6. The summed E-state index contributed by atoms with van der Waals surface area (Å²) in [6.45, 7) is 4.87. The number of aliphatic hydroxyl groups excluding tert-OH is 1. The van der Waals surface area contributed by atoms with E-state index in [0.717, 1.165) is 0 Å². The maximum atomic E-state index is 9.95. The van der Waals surface area contributed by atoms with Crippen LogP contribution in [-0.2, 0) is 14.0 Å². The van der Waals surface area contributed by atoms with Gasteiger partial charge in [-0.3, -0.25) is 0 Å². The average Bonchev–Trinajstić information content (AvgIpc) is 2.54. The lowest BCUT2D eigenvalue weighted by molar-refractivity contribution is -0.0299. The first kappa shape index (κ1) is 13.8. The van der Waals surface area contributed by atoms with E-state index in [-0.39, 0.29) is 26.7 Å². The largest absolute Gasteiger partial charge is 0.388 e. The van der Waals surface area contributed by atoms with Crippen molar-refractivity contribution in [2.24, 2.45) is 0 Å². The van der Waals surface area contributed by atoms with Gasteiger partial charge in [0, 0.05) is 15.1 Å². The Morgan fingerprint density at radius 1 is 1.60 bits per heavy atom. The topological polar surface area (TPSA) is 47.9 Å². The van der Waals surface area contributed by atoms with Gasteiger partial charge in [0.25, 0.3) is 0 Å². The summed E-state index contributed by atoms with van der Waals surface area (Å²) in [5, 5.41) is 9.95. The van der Waals surface area contributed by atoms with Crippen molar-refractivity contribution in [3.05, 3.63) is 0 Å². The molecule has 1 heterocycles. The molecule has 4 nitrogen and oxygen atoms in total. The van der Waals surface area contributed by atoms with Gasteiger partial charge in [-0.25, -0.2) is 0 Å². The standard InChI is InChI=1S/C8H18BO4P2/c1-3-11-4-5-6(10)7(13-15-14)8(9-2)12-5/h5-8,10,15H,3-4,14H2,1-2H3/t5-,6+,7?,8-/m1/s1. The third kappa shape index (κ3) is 3.62. The van der Waals surface area contributed by atoms with Crippen molar-refractivity contribution in [2.75, 3.05) is 13.2 Å². The van der Waals surface area contributed by atoms with Crippen LogP contribution in [0, 0.1) is 0 Å². The fourth-order valence-corrected chi connectivity index (χ4v) is 2.52. The van der Waals surface area contributed by atoms with Gasteiger partial charge in [-0.2, -0.15) is 0 Å². The van der Waals surface area contributed by atoms with Crippen molar-refractivity contribution in [1.82, 2.24) is 0 Å². The zero-order valence-corrected chi connectivity index (χ0v) is 11.2. The predicted octanol–water partition coefficient (Wildman–Crippen LogP) is 0.630. The minimum Gasteiger partial charge on any atom is -0.388 e. The molecule has 0 aliphatic carbocycles. The van der Waals surface area contributed by atoms with E-state index in [1.807, 2.05) is 21.0 Å². The van der Waals surface area contributed by atoms with Crippen molar-refractivity contribution in [1.29, 1.82) is 0 Å². The van der Waals surface area contributed by atoms with E-state index in [2.05, 4.69) is 8.93 Å². The molecule has 0 aromatic heterocycles. The second kappa shape index (κ2) is 7.16. The SMILES string of the molecule is C[B][C@@H]1O[C@H](COCC)[C@H](O)C1OPP. The van der Waals surface area contributed by atoms with Crippen LogP contribution in [0.1, 0.15) is 6.92 Å². The second-order valence-electron chi connectivity index (χ2n) is 3.32. The molecule has 6 atom stereocenters. The molecule has 7 heteroatoms. The summed E-state index contributed by atoms with van der Waals surface area (Å²) in [7, 11) is 4.69. The van der Waals surface area contributed by atoms with Crippen molar-refractivity contribution >= 4 is 24.7 Å². The molecule has 0 aromatic carbocycles. The molecule has 1 rings (SSSR count). The molecule has 3 unspecified atom stereocenters. The summed E-state index contributed by atoms with van der Waals surface area (Å²) in [6, 6.07) is -0.140. The van der Waals surface area contributed by atoms with Crippen LogP contribution >= 0.6 is 17.4 Å². The number of ether oxygens (including phenoxy) is 2. The molecule has 1 aliphatic rings. The molecule has 1 radical (unpaired) electrons. The molecule has 1 N–H and O–H groups in total. The smallest absolute Gasteiger partial charge is 0.149 e. The maximum absolute atomic E-state index is 9.95. The van der Waals surface area contributed by atoms with Crippen LogP contribution in [0.25, 0.3) is 0 Å². The van der Waals surface area contributed by atoms with Gasteiger partial charge in [0.05, 0.1) is 12.6 Å². The van der Waals surface area contributed by atoms with Gasteiger partial charge in [0.15, 0.2) is 0 Å². The van der Waals surface area contributed by atoms with Crippen molar-refractivity contribution in [2.45, 2.75) is 38.1 Å². The summed E-state index contributed by atoms with van der Waals surface area (Å²) < 4.78 is 16.3. The third-order valence-corrected chi connectivity index (χ3v) is 3.21. The van der Waals surface area contributed by atoms with Crippen LogP contribution in [-0.4, -0.2) is 49.9 Å². The van der Waals surface area contributed by atoms with E-state index in [4.69, 9.17) is 14.0 Å². The van der Waals surface area contributed by atoms with E-state index in [9.17, 15) is 5.11 Å². The Morgan fingerprint density at radius 2 is 2.33 bits per heavy atom. The minimum absolute atomic E-state index is 0.140. The Balaban J connectivity index is 2.49. The average molecular weight is 251 g/mol. The molecule has 15 heavy (non-hydrogen) atoms. The van der Waals surface area contributed by atoms with Crippen molar-refractivity contribution in [3.63, 3.8) is 0 Å². The molecule has 0 spiro atoms. The van der Waals surface area contributed by atoms with Crippen LogP contribution in [0.5, 0.6) is 0 Å². The maximum Gasteiger partial charge on any atom is 0.149 e. The monoisotopic (exact) mass is 251 g/mol. The number of hydrogen-bond acceptors (Lipinski definition) is 4. The molecule has 87 valence electrons. The lowest BCUT2D eigenvalue weighted by atomic mass is 9.72. The van der Waals surface area contributed by atoms with Crippen molar-refractivity contribution in [3.8, 4) is 0 Å². The summed E-state index contributed by atoms with van der Waals surface area (Å²) in [5.74, 6) is 0. The molecular formula is C8H18BO4P2. The van der Waals surface area contributed by atoms with Gasteiger partial charge in [0.1, 0.15) is 25.6 Å². The van der Waals surface area contributed by atoms with Crippen molar-refractivity contribution < 1.29 is 19.1 Å². The van der Waals surface area contributed by atoms with E-state index in [1.165, 1.54) is 0 Å². The van der Waals surface area contributed by atoms with E-state index in [0.29, 0.717) is 13.2 Å². The fourth-order valence-electron chi connectivity index (χ4n) is 1.62. The molecule has 0 amide bonds. The second-order valence-corrected chi connectivity index (χ2v) is 4.50. The van der Waals surface area contributed by atoms with Gasteiger partial charge < -0.3 is 19.1 Å². The predicted molar refractivity (Wildman–Crippen MR) is 65.7 cm³/mol. The number of hydrogen-bond donors (Lipinski definition) is 1. The van der Waals surface area contributed by atoms with Crippen LogP contribution < -0.4 is 0 Å². The molecule has 1 fully saturated rings. The zero-order valence-electron chi connectivity index (χ0n) is 9.05. The Labute approximate surface area is 95.6 Å². The highest BCUT2D eigenvalue weighted by atomic mass is 32.0. The van der Waals surface area contributed by atoms with Gasteiger partial charge in [-0.15, -0.1) is 0 Å². The molecule has 1 saturated heterocycles. The molecule has 0 saturated carbocycles. The van der Waals surface area contributed by atoms with Crippen LogP contribution in [0.3, 0.4) is 0 Å². The lowest BCUT2D eigenvalue weighted by Crippen LogP contribution is -2.36. The van der Waals surface area contributed by atoms with Gasteiger partial charge in [-0.05, 0) is 6.92 Å².